The minimum absolute atomic E-state index is 0.695. The summed E-state index contributed by atoms with van der Waals surface area (Å²) in [5, 5.41) is 4.43. The number of hydrogen-bond acceptors (Lipinski definition) is 2. The van der Waals surface area contributed by atoms with Crippen molar-refractivity contribution in [2.75, 3.05) is 12.3 Å². The SMILES string of the molecule is C#CCCCC(NCC)C1CCCS1. The minimum Gasteiger partial charge on any atom is -0.313 e. The number of terminal acetylenes is 1. The quantitative estimate of drug-likeness (QED) is 0.535. The Morgan fingerprint density at radius 1 is 1.64 bits per heavy atom. The summed E-state index contributed by atoms with van der Waals surface area (Å²) < 4.78 is 0. The van der Waals surface area contributed by atoms with Crippen LogP contribution < -0.4 is 5.32 Å². The zero-order chi connectivity index (χ0) is 10.2. The van der Waals surface area contributed by atoms with Crippen LogP contribution >= 0.6 is 11.8 Å². The van der Waals surface area contributed by atoms with E-state index in [-0.39, 0.29) is 0 Å². The molecular weight excluding hydrogens is 190 g/mol. The third kappa shape index (κ3) is 3.94. The molecule has 1 heterocycles. The maximum Gasteiger partial charge on any atom is 0.0201 e. The Hall–Kier alpha value is -0.130. The lowest BCUT2D eigenvalue weighted by molar-refractivity contribution is 0.459. The van der Waals surface area contributed by atoms with Crippen molar-refractivity contribution in [1.82, 2.24) is 5.32 Å². The van der Waals surface area contributed by atoms with Gasteiger partial charge in [-0.1, -0.05) is 6.92 Å². The molecule has 0 aromatic rings. The summed E-state index contributed by atoms with van der Waals surface area (Å²) in [7, 11) is 0. The summed E-state index contributed by atoms with van der Waals surface area (Å²) in [6, 6.07) is 0.695. The van der Waals surface area contributed by atoms with Crippen molar-refractivity contribution in [2.24, 2.45) is 0 Å². The van der Waals surface area contributed by atoms with Gasteiger partial charge in [0.25, 0.3) is 0 Å². The van der Waals surface area contributed by atoms with Gasteiger partial charge in [-0.15, -0.1) is 12.3 Å². The van der Waals surface area contributed by atoms with Crippen molar-refractivity contribution in [3.8, 4) is 12.3 Å². The predicted octanol–water partition coefficient (Wildman–Crippen LogP) is 2.66. The molecule has 1 rings (SSSR count). The Balaban J connectivity index is 2.26. The van der Waals surface area contributed by atoms with Gasteiger partial charge in [-0.25, -0.2) is 0 Å². The van der Waals surface area contributed by atoms with Crippen LogP contribution in [-0.4, -0.2) is 23.6 Å². The molecule has 14 heavy (non-hydrogen) atoms. The highest BCUT2D eigenvalue weighted by Crippen LogP contribution is 2.30. The van der Waals surface area contributed by atoms with Crippen LogP contribution in [0.1, 0.15) is 39.0 Å². The first-order valence-electron chi connectivity index (χ1n) is 5.67. The van der Waals surface area contributed by atoms with E-state index in [2.05, 4.69) is 29.9 Å². The second-order valence-corrected chi connectivity index (χ2v) is 5.16. The van der Waals surface area contributed by atoms with Gasteiger partial charge in [-0.2, -0.15) is 11.8 Å². The van der Waals surface area contributed by atoms with Crippen LogP contribution in [0.15, 0.2) is 0 Å². The predicted molar refractivity (Wildman–Crippen MR) is 65.6 cm³/mol. The van der Waals surface area contributed by atoms with Gasteiger partial charge in [-0.05, 0) is 38.0 Å². The van der Waals surface area contributed by atoms with E-state index in [9.17, 15) is 0 Å². The molecule has 1 aliphatic rings. The van der Waals surface area contributed by atoms with Crippen LogP contribution in [0, 0.1) is 12.3 Å². The van der Waals surface area contributed by atoms with Crippen LogP contribution in [-0.2, 0) is 0 Å². The average molecular weight is 211 g/mol. The van der Waals surface area contributed by atoms with E-state index in [0.717, 1.165) is 18.2 Å². The molecule has 0 aromatic carbocycles. The first-order chi connectivity index (χ1) is 6.88. The number of hydrogen-bond donors (Lipinski definition) is 1. The Bertz CT molecular complexity index is 179. The molecule has 0 radical (unpaired) electrons. The van der Waals surface area contributed by atoms with Gasteiger partial charge in [0.05, 0.1) is 0 Å². The molecule has 0 amide bonds. The summed E-state index contributed by atoms with van der Waals surface area (Å²) in [6.07, 6.45) is 11.4. The lowest BCUT2D eigenvalue weighted by Crippen LogP contribution is -2.36. The first kappa shape index (κ1) is 11.9. The first-order valence-corrected chi connectivity index (χ1v) is 6.71. The molecule has 1 N–H and O–H groups in total. The Morgan fingerprint density at radius 3 is 3.07 bits per heavy atom. The number of unbranched alkanes of at least 4 members (excludes halogenated alkanes) is 1. The fourth-order valence-corrected chi connectivity index (χ4v) is 3.46. The van der Waals surface area contributed by atoms with Crippen molar-refractivity contribution in [1.29, 1.82) is 0 Å². The third-order valence-electron chi connectivity index (χ3n) is 2.72. The van der Waals surface area contributed by atoms with Crippen LogP contribution in [0.3, 0.4) is 0 Å². The second-order valence-electron chi connectivity index (χ2n) is 3.81. The molecular formula is C12H21NS. The topological polar surface area (TPSA) is 12.0 Å². The summed E-state index contributed by atoms with van der Waals surface area (Å²) >= 11 is 2.13. The summed E-state index contributed by atoms with van der Waals surface area (Å²) in [4.78, 5) is 0. The molecule has 0 bridgehead atoms. The number of rotatable bonds is 6. The van der Waals surface area contributed by atoms with Gasteiger partial charge in [0.1, 0.15) is 0 Å². The highest BCUT2D eigenvalue weighted by atomic mass is 32.2. The molecule has 1 nitrogen and oxygen atoms in total. The standard InChI is InChI=1S/C12H21NS/c1-3-5-6-8-11(13-4-2)12-9-7-10-14-12/h1,11-13H,4-10H2,2H3. The molecule has 0 aromatic heterocycles. The average Bonchev–Trinajstić information content (AvgIpc) is 2.70. The van der Waals surface area contributed by atoms with Crippen molar-refractivity contribution >= 4 is 11.8 Å². The summed E-state index contributed by atoms with van der Waals surface area (Å²) in [6.45, 7) is 3.27. The van der Waals surface area contributed by atoms with E-state index < -0.39 is 0 Å². The lowest BCUT2D eigenvalue weighted by Gasteiger charge is -2.23. The molecule has 0 saturated carbocycles. The zero-order valence-electron chi connectivity index (χ0n) is 9.09. The van der Waals surface area contributed by atoms with Gasteiger partial charge in [0.15, 0.2) is 0 Å². The summed E-state index contributed by atoms with van der Waals surface area (Å²) in [5.74, 6) is 4.07. The normalized spacial score (nSPS) is 23.3. The van der Waals surface area contributed by atoms with E-state index in [4.69, 9.17) is 6.42 Å². The molecule has 2 unspecified atom stereocenters. The van der Waals surface area contributed by atoms with Gasteiger partial charge in [0, 0.05) is 17.7 Å². The van der Waals surface area contributed by atoms with Crippen molar-refractivity contribution in [2.45, 2.75) is 50.3 Å². The van der Waals surface area contributed by atoms with Crippen molar-refractivity contribution < 1.29 is 0 Å². The second kappa shape index (κ2) is 7.20. The van der Waals surface area contributed by atoms with Gasteiger partial charge >= 0.3 is 0 Å². The maximum absolute atomic E-state index is 5.27. The van der Waals surface area contributed by atoms with Crippen LogP contribution in [0.5, 0.6) is 0 Å². The van der Waals surface area contributed by atoms with Crippen molar-refractivity contribution in [3.05, 3.63) is 0 Å². The highest BCUT2D eigenvalue weighted by Gasteiger charge is 2.24. The monoisotopic (exact) mass is 211 g/mol. The highest BCUT2D eigenvalue weighted by molar-refractivity contribution is 8.00. The summed E-state index contributed by atoms with van der Waals surface area (Å²) in [5.41, 5.74) is 0. The van der Waals surface area contributed by atoms with Crippen molar-refractivity contribution in [3.63, 3.8) is 0 Å². The van der Waals surface area contributed by atoms with E-state index in [1.165, 1.54) is 31.4 Å². The van der Waals surface area contributed by atoms with E-state index in [1.807, 2.05) is 0 Å². The molecule has 80 valence electrons. The molecule has 0 aliphatic carbocycles. The smallest absolute Gasteiger partial charge is 0.0201 e. The van der Waals surface area contributed by atoms with E-state index in [1.54, 1.807) is 0 Å². The molecule has 1 aliphatic heterocycles. The molecule has 1 fully saturated rings. The fourth-order valence-electron chi connectivity index (χ4n) is 2.03. The van der Waals surface area contributed by atoms with Gasteiger partial charge in [-0.3, -0.25) is 0 Å². The molecule has 2 atom stereocenters. The number of nitrogens with one attached hydrogen (secondary N) is 1. The third-order valence-corrected chi connectivity index (χ3v) is 4.23. The minimum atomic E-state index is 0.695. The molecule has 0 spiro atoms. The van der Waals surface area contributed by atoms with E-state index >= 15 is 0 Å². The Morgan fingerprint density at radius 2 is 2.50 bits per heavy atom. The lowest BCUT2D eigenvalue weighted by atomic mass is 10.0. The number of thioether (sulfide) groups is 1. The largest absolute Gasteiger partial charge is 0.313 e. The molecule has 2 heteroatoms. The van der Waals surface area contributed by atoms with Crippen LogP contribution in [0.2, 0.25) is 0 Å². The van der Waals surface area contributed by atoms with Crippen LogP contribution in [0.25, 0.3) is 0 Å². The fraction of sp³-hybridized carbons (Fsp3) is 0.833. The van der Waals surface area contributed by atoms with Gasteiger partial charge in [0.2, 0.25) is 0 Å². The Kier molecular flexibility index (Phi) is 6.14. The zero-order valence-corrected chi connectivity index (χ0v) is 9.91. The Labute approximate surface area is 92.4 Å². The maximum atomic E-state index is 5.27. The van der Waals surface area contributed by atoms with E-state index in [0.29, 0.717) is 6.04 Å². The van der Waals surface area contributed by atoms with Crippen LogP contribution in [0.4, 0.5) is 0 Å². The molecule has 1 saturated heterocycles. The van der Waals surface area contributed by atoms with Gasteiger partial charge < -0.3 is 5.32 Å².